The van der Waals surface area contributed by atoms with E-state index in [2.05, 4.69) is 13.8 Å². The molecule has 4 nitrogen and oxygen atoms in total. The van der Waals surface area contributed by atoms with Crippen molar-refractivity contribution in [1.82, 2.24) is 0 Å². The van der Waals surface area contributed by atoms with E-state index in [1.54, 1.807) is 6.92 Å². The summed E-state index contributed by atoms with van der Waals surface area (Å²) in [5.41, 5.74) is -0.0779. The summed E-state index contributed by atoms with van der Waals surface area (Å²) in [5, 5.41) is 19.4. The van der Waals surface area contributed by atoms with Gasteiger partial charge in [-0.25, -0.2) is 0 Å². The van der Waals surface area contributed by atoms with E-state index in [0.29, 0.717) is 43.1 Å². The van der Waals surface area contributed by atoms with Gasteiger partial charge in [0.05, 0.1) is 6.61 Å². The Morgan fingerprint density at radius 3 is 2.74 bits per heavy atom. The Morgan fingerprint density at radius 2 is 2.16 bits per heavy atom. The third-order valence-corrected chi connectivity index (χ3v) is 5.30. The van der Waals surface area contributed by atoms with E-state index in [9.17, 15) is 15.0 Å². The fourth-order valence-electron chi connectivity index (χ4n) is 4.00. The molecule has 6 unspecified atom stereocenters. The molecule has 0 aromatic carbocycles. The van der Waals surface area contributed by atoms with Crippen molar-refractivity contribution in [2.75, 3.05) is 13.2 Å². The topological polar surface area (TPSA) is 66.8 Å². The van der Waals surface area contributed by atoms with Crippen LogP contribution in [0.25, 0.3) is 0 Å². The summed E-state index contributed by atoms with van der Waals surface area (Å²) in [5.74, 6) is 1.81. The first-order valence-corrected chi connectivity index (χ1v) is 7.30. The lowest BCUT2D eigenvalue weighted by atomic mass is 9.82. The summed E-state index contributed by atoms with van der Waals surface area (Å²) >= 11 is 0. The Bertz CT molecular complexity index is 343. The molecule has 4 heteroatoms. The monoisotopic (exact) mass is 270 g/mol. The fourth-order valence-corrected chi connectivity index (χ4v) is 4.00. The van der Waals surface area contributed by atoms with Crippen LogP contribution in [0.1, 0.15) is 40.0 Å². The number of carbonyl (C=O) groups is 1. The van der Waals surface area contributed by atoms with Crippen molar-refractivity contribution >= 4 is 5.78 Å². The quantitative estimate of drug-likeness (QED) is 0.796. The van der Waals surface area contributed by atoms with Crippen LogP contribution in [-0.4, -0.2) is 35.5 Å². The predicted octanol–water partition coefficient (Wildman–Crippen LogP) is 1.59. The van der Waals surface area contributed by atoms with Crippen molar-refractivity contribution in [1.29, 1.82) is 0 Å². The van der Waals surface area contributed by atoms with Gasteiger partial charge in [-0.05, 0) is 42.4 Å². The van der Waals surface area contributed by atoms with Gasteiger partial charge in [0.2, 0.25) is 0 Å². The molecule has 0 radical (unpaired) electrons. The number of hydrogen-bond donors (Lipinski definition) is 2. The highest BCUT2D eigenvalue weighted by atomic mass is 16.6. The Hall–Kier alpha value is -0.450. The molecule has 1 heterocycles. The maximum Gasteiger partial charge on any atom is 0.154 e. The second kappa shape index (κ2) is 5.51. The van der Waals surface area contributed by atoms with Crippen LogP contribution >= 0.6 is 0 Å². The van der Waals surface area contributed by atoms with Gasteiger partial charge in [-0.2, -0.15) is 0 Å². The molecule has 2 rings (SSSR count). The van der Waals surface area contributed by atoms with Crippen LogP contribution in [0.15, 0.2) is 0 Å². The van der Waals surface area contributed by atoms with Crippen LogP contribution in [0.4, 0.5) is 0 Å². The molecule has 1 saturated heterocycles. The van der Waals surface area contributed by atoms with Crippen molar-refractivity contribution in [2.24, 2.45) is 29.1 Å². The zero-order valence-electron chi connectivity index (χ0n) is 12.1. The van der Waals surface area contributed by atoms with Gasteiger partial charge >= 0.3 is 0 Å². The van der Waals surface area contributed by atoms with E-state index in [1.807, 2.05) is 0 Å². The van der Waals surface area contributed by atoms with E-state index in [-0.39, 0.29) is 17.8 Å². The average Bonchev–Trinajstić information content (AvgIpc) is 2.95. The number of rotatable bonds is 5. The number of carbonyl (C=O) groups excluding carboxylic acids is 1. The molecule has 0 spiro atoms. The van der Waals surface area contributed by atoms with E-state index < -0.39 is 6.29 Å². The third kappa shape index (κ3) is 2.86. The second-order valence-electron chi connectivity index (χ2n) is 6.70. The van der Waals surface area contributed by atoms with Gasteiger partial charge in [0.15, 0.2) is 6.29 Å². The zero-order valence-corrected chi connectivity index (χ0v) is 12.1. The maximum absolute atomic E-state index is 11.2. The summed E-state index contributed by atoms with van der Waals surface area (Å²) in [4.78, 5) is 11.2. The Labute approximate surface area is 115 Å². The molecule has 19 heavy (non-hydrogen) atoms. The summed E-state index contributed by atoms with van der Waals surface area (Å²) in [7, 11) is 0. The summed E-state index contributed by atoms with van der Waals surface area (Å²) in [6.45, 7) is 6.63. The van der Waals surface area contributed by atoms with Crippen LogP contribution in [0.5, 0.6) is 0 Å². The van der Waals surface area contributed by atoms with E-state index in [1.165, 1.54) is 0 Å². The Morgan fingerprint density at radius 1 is 1.47 bits per heavy atom. The number of Topliss-reactive ketones (excluding diaryl/α,β-unsaturated/α-hetero) is 1. The van der Waals surface area contributed by atoms with Gasteiger partial charge in [0.25, 0.3) is 0 Å². The lowest BCUT2D eigenvalue weighted by Crippen LogP contribution is -2.34. The first kappa shape index (κ1) is 14.9. The molecule has 1 saturated carbocycles. The molecule has 2 fully saturated rings. The number of ether oxygens (including phenoxy) is 1. The minimum Gasteiger partial charge on any atom is -0.396 e. The molecular formula is C15H26O4. The van der Waals surface area contributed by atoms with Crippen LogP contribution in [0, 0.1) is 29.1 Å². The normalized spacial score (nSPS) is 46.1. The van der Waals surface area contributed by atoms with Crippen molar-refractivity contribution in [3.05, 3.63) is 0 Å². The molecule has 110 valence electrons. The van der Waals surface area contributed by atoms with Crippen LogP contribution < -0.4 is 0 Å². The molecule has 2 N–H and O–H groups in total. The first-order chi connectivity index (χ1) is 8.90. The van der Waals surface area contributed by atoms with E-state index in [4.69, 9.17) is 4.74 Å². The lowest BCUT2D eigenvalue weighted by molar-refractivity contribution is -0.161. The standard InChI is InChI=1S/C15H26O4/c1-9-7-19-13(18)6-11(9)14-12(5-4-10(2)17)15(14,3)8-16/h9,11-14,16,18H,4-8H2,1-3H3. The minimum atomic E-state index is -0.668. The smallest absolute Gasteiger partial charge is 0.154 e. The minimum absolute atomic E-state index is 0.0779. The number of aliphatic hydroxyl groups is 2. The van der Waals surface area contributed by atoms with Gasteiger partial charge < -0.3 is 19.7 Å². The largest absolute Gasteiger partial charge is 0.396 e. The van der Waals surface area contributed by atoms with Crippen LogP contribution in [0.3, 0.4) is 0 Å². The zero-order chi connectivity index (χ0) is 14.2. The van der Waals surface area contributed by atoms with E-state index >= 15 is 0 Å². The molecular weight excluding hydrogens is 244 g/mol. The highest BCUT2D eigenvalue weighted by Crippen LogP contribution is 2.66. The van der Waals surface area contributed by atoms with Crippen molar-refractivity contribution in [3.8, 4) is 0 Å². The molecule has 0 bridgehead atoms. The Balaban J connectivity index is 2.03. The van der Waals surface area contributed by atoms with Crippen molar-refractivity contribution in [2.45, 2.75) is 46.3 Å². The SMILES string of the molecule is CC(=O)CCC1C(C2CC(O)OCC2C)C1(C)CO. The highest BCUT2D eigenvalue weighted by Gasteiger charge is 2.63. The van der Waals surface area contributed by atoms with Gasteiger partial charge in [-0.15, -0.1) is 0 Å². The number of ketones is 1. The molecule has 0 aromatic heterocycles. The van der Waals surface area contributed by atoms with Gasteiger partial charge in [-0.3, -0.25) is 0 Å². The molecule has 6 atom stereocenters. The Kier molecular flexibility index (Phi) is 4.33. The lowest BCUT2D eigenvalue weighted by Gasteiger charge is -2.33. The van der Waals surface area contributed by atoms with E-state index in [0.717, 1.165) is 6.42 Å². The third-order valence-electron chi connectivity index (χ3n) is 5.30. The highest BCUT2D eigenvalue weighted by molar-refractivity contribution is 5.75. The molecule has 1 aliphatic heterocycles. The van der Waals surface area contributed by atoms with Crippen LogP contribution in [0.2, 0.25) is 0 Å². The second-order valence-corrected chi connectivity index (χ2v) is 6.70. The maximum atomic E-state index is 11.2. The van der Waals surface area contributed by atoms with Gasteiger partial charge in [0.1, 0.15) is 5.78 Å². The van der Waals surface area contributed by atoms with Gasteiger partial charge in [-0.1, -0.05) is 13.8 Å². The predicted molar refractivity (Wildman–Crippen MR) is 71.3 cm³/mol. The molecule has 0 amide bonds. The fraction of sp³-hybridized carbons (Fsp3) is 0.933. The summed E-state index contributed by atoms with van der Waals surface area (Å²) < 4.78 is 5.27. The number of aliphatic hydroxyl groups excluding tert-OH is 2. The average molecular weight is 270 g/mol. The number of hydrogen-bond acceptors (Lipinski definition) is 4. The van der Waals surface area contributed by atoms with Gasteiger partial charge in [0, 0.05) is 19.4 Å². The molecule has 2 aliphatic rings. The van der Waals surface area contributed by atoms with Crippen molar-refractivity contribution < 1.29 is 19.7 Å². The first-order valence-electron chi connectivity index (χ1n) is 7.30. The van der Waals surface area contributed by atoms with Crippen LogP contribution in [-0.2, 0) is 9.53 Å². The summed E-state index contributed by atoms with van der Waals surface area (Å²) in [6.07, 6.45) is 1.43. The summed E-state index contributed by atoms with van der Waals surface area (Å²) in [6, 6.07) is 0. The molecule has 1 aliphatic carbocycles. The van der Waals surface area contributed by atoms with Crippen molar-refractivity contribution in [3.63, 3.8) is 0 Å². The molecule has 0 aromatic rings.